The molecule has 0 saturated heterocycles. The summed E-state index contributed by atoms with van der Waals surface area (Å²) in [5.74, 6) is -0.717. The van der Waals surface area contributed by atoms with E-state index in [2.05, 4.69) is 5.43 Å². The van der Waals surface area contributed by atoms with Gasteiger partial charge >= 0.3 is 0 Å². The number of hydrogen-bond donors (Lipinski definition) is 4. The Labute approximate surface area is 99.6 Å². The standard InChI is InChI=1S/C11H17N3O3/c1-14(2)13-11(17)8(12)5-7-3-4-9(15)10(16)6-7/h3-4,6,8,15-16H,5,12H2,1-2H3,(H,13,17)/t8-/m0/s1. The Kier molecular flexibility index (Phi) is 4.30. The average Bonchev–Trinajstić information content (AvgIpc) is 2.22. The third-order valence-corrected chi connectivity index (χ3v) is 2.17. The zero-order valence-corrected chi connectivity index (χ0v) is 9.84. The van der Waals surface area contributed by atoms with Gasteiger partial charge < -0.3 is 15.9 Å². The Balaban J connectivity index is 2.64. The van der Waals surface area contributed by atoms with Gasteiger partial charge in [-0.2, -0.15) is 0 Å². The number of amides is 1. The van der Waals surface area contributed by atoms with Crippen LogP contribution in [0.15, 0.2) is 18.2 Å². The highest BCUT2D eigenvalue weighted by atomic mass is 16.3. The fraction of sp³-hybridized carbons (Fsp3) is 0.364. The first-order valence-corrected chi connectivity index (χ1v) is 5.14. The molecule has 94 valence electrons. The molecule has 1 aromatic carbocycles. The van der Waals surface area contributed by atoms with E-state index in [-0.39, 0.29) is 23.8 Å². The molecule has 1 rings (SSSR count). The first-order chi connectivity index (χ1) is 7.90. The Morgan fingerprint density at radius 2 is 2.06 bits per heavy atom. The average molecular weight is 239 g/mol. The third-order valence-electron chi connectivity index (χ3n) is 2.17. The third kappa shape index (κ3) is 3.93. The van der Waals surface area contributed by atoms with E-state index in [1.165, 1.54) is 17.1 Å². The monoisotopic (exact) mass is 239 g/mol. The largest absolute Gasteiger partial charge is 0.504 e. The van der Waals surface area contributed by atoms with Gasteiger partial charge in [0.15, 0.2) is 11.5 Å². The summed E-state index contributed by atoms with van der Waals surface area (Å²) in [6.07, 6.45) is 0.285. The Morgan fingerprint density at radius 3 is 2.59 bits per heavy atom. The number of nitrogens with one attached hydrogen (secondary N) is 1. The number of carbonyl (C=O) groups excluding carboxylic acids is 1. The van der Waals surface area contributed by atoms with Crippen LogP contribution in [0.3, 0.4) is 0 Å². The molecular weight excluding hydrogens is 222 g/mol. The molecule has 0 unspecified atom stereocenters. The van der Waals surface area contributed by atoms with Crippen LogP contribution < -0.4 is 11.2 Å². The summed E-state index contributed by atoms with van der Waals surface area (Å²) in [4.78, 5) is 11.5. The van der Waals surface area contributed by atoms with Crippen LogP contribution in [0.2, 0.25) is 0 Å². The second-order valence-corrected chi connectivity index (χ2v) is 4.00. The predicted octanol–water partition coefficient (Wildman–Crippen LogP) is -0.440. The molecular formula is C11H17N3O3. The highest BCUT2D eigenvalue weighted by Crippen LogP contribution is 2.25. The van der Waals surface area contributed by atoms with Crippen molar-refractivity contribution in [2.24, 2.45) is 5.73 Å². The van der Waals surface area contributed by atoms with Crippen LogP contribution in [0.5, 0.6) is 11.5 Å². The number of phenols is 2. The molecule has 0 spiro atoms. The highest BCUT2D eigenvalue weighted by Gasteiger charge is 2.15. The van der Waals surface area contributed by atoms with Crippen molar-refractivity contribution < 1.29 is 15.0 Å². The maximum Gasteiger partial charge on any atom is 0.251 e. The van der Waals surface area contributed by atoms with Crippen LogP contribution >= 0.6 is 0 Å². The number of hydrazine groups is 1. The van der Waals surface area contributed by atoms with Gasteiger partial charge in [0, 0.05) is 14.1 Å². The lowest BCUT2D eigenvalue weighted by molar-refractivity contribution is -0.126. The maximum atomic E-state index is 11.5. The first-order valence-electron chi connectivity index (χ1n) is 5.14. The van der Waals surface area contributed by atoms with Crippen molar-refractivity contribution in [1.29, 1.82) is 0 Å². The molecule has 0 bridgehead atoms. The van der Waals surface area contributed by atoms with Crippen LogP contribution in [-0.2, 0) is 11.2 Å². The van der Waals surface area contributed by atoms with E-state index in [4.69, 9.17) is 10.8 Å². The molecule has 0 aliphatic rings. The topological polar surface area (TPSA) is 98.8 Å². The highest BCUT2D eigenvalue weighted by molar-refractivity contribution is 5.81. The van der Waals surface area contributed by atoms with Crippen LogP contribution in [0, 0.1) is 0 Å². The lowest BCUT2D eigenvalue weighted by Crippen LogP contribution is -2.47. The summed E-state index contributed by atoms with van der Waals surface area (Å²) in [6, 6.07) is 3.65. The number of benzene rings is 1. The van der Waals surface area contributed by atoms with Gasteiger partial charge in [0.1, 0.15) is 0 Å². The minimum atomic E-state index is -0.707. The molecule has 1 aromatic rings. The predicted molar refractivity (Wildman–Crippen MR) is 63.3 cm³/mol. The van der Waals surface area contributed by atoms with Crippen molar-refractivity contribution >= 4 is 5.91 Å². The molecule has 0 heterocycles. The summed E-state index contributed by atoms with van der Waals surface area (Å²) < 4.78 is 0. The van der Waals surface area contributed by atoms with E-state index in [1.54, 1.807) is 20.2 Å². The number of nitrogens with two attached hydrogens (primary N) is 1. The molecule has 1 amide bonds. The van der Waals surface area contributed by atoms with Gasteiger partial charge in [-0.1, -0.05) is 6.07 Å². The van der Waals surface area contributed by atoms with Crippen molar-refractivity contribution in [1.82, 2.24) is 10.4 Å². The van der Waals surface area contributed by atoms with E-state index < -0.39 is 6.04 Å². The molecule has 0 aromatic heterocycles. The molecule has 0 radical (unpaired) electrons. The van der Waals surface area contributed by atoms with Crippen molar-refractivity contribution in [2.45, 2.75) is 12.5 Å². The molecule has 0 saturated carbocycles. The number of nitrogens with zero attached hydrogens (tertiary/aromatic N) is 1. The number of hydrogen-bond acceptors (Lipinski definition) is 5. The van der Waals surface area contributed by atoms with E-state index in [9.17, 15) is 9.90 Å². The molecule has 0 fully saturated rings. The number of rotatable bonds is 4. The normalized spacial score (nSPS) is 12.5. The van der Waals surface area contributed by atoms with E-state index in [0.717, 1.165) is 0 Å². The zero-order valence-electron chi connectivity index (χ0n) is 9.84. The van der Waals surface area contributed by atoms with Gasteiger partial charge in [-0.15, -0.1) is 0 Å². The zero-order chi connectivity index (χ0) is 13.0. The van der Waals surface area contributed by atoms with Gasteiger partial charge in [0.2, 0.25) is 0 Å². The fourth-order valence-electron chi connectivity index (χ4n) is 1.35. The van der Waals surface area contributed by atoms with Gasteiger partial charge in [-0.25, -0.2) is 5.01 Å². The summed E-state index contributed by atoms with van der Waals surface area (Å²) in [5, 5.41) is 19.9. The lowest BCUT2D eigenvalue weighted by Gasteiger charge is -2.16. The minimum absolute atomic E-state index is 0.194. The minimum Gasteiger partial charge on any atom is -0.504 e. The summed E-state index contributed by atoms with van der Waals surface area (Å²) in [5.41, 5.74) is 8.93. The smallest absolute Gasteiger partial charge is 0.251 e. The van der Waals surface area contributed by atoms with Crippen LogP contribution in [0.1, 0.15) is 5.56 Å². The molecule has 0 aliphatic heterocycles. The van der Waals surface area contributed by atoms with Crippen molar-refractivity contribution in [3.8, 4) is 11.5 Å². The first kappa shape index (κ1) is 13.3. The van der Waals surface area contributed by atoms with Crippen LogP contribution in [0.25, 0.3) is 0 Å². The lowest BCUT2D eigenvalue weighted by atomic mass is 10.1. The van der Waals surface area contributed by atoms with Crippen LogP contribution in [0.4, 0.5) is 0 Å². The summed E-state index contributed by atoms with van der Waals surface area (Å²) >= 11 is 0. The molecule has 5 N–H and O–H groups in total. The van der Waals surface area contributed by atoms with Gasteiger partial charge in [-0.3, -0.25) is 10.2 Å². The SMILES string of the molecule is CN(C)NC(=O)[C@@H](N)Cc1ccc(O)c(O)c1. The van der Waals surface area contributed by atoms with Crippen molar-refractivity contribution in [2.75, 3.05) is 14.1 Å². The number of carbonyl (C=O) groups is 1. The van der Waals surface area contributed by atoms with E-state index >= 15 is 0 Å². The summed E-state index contributed by atoms with van der Waals surface area (Å²) in [7, 11) is 3.38. The number of phenolic OH excluding ortho intramolecular Hbond substituents is 2. The van der Waals surface area contributed by atoms with Gasteiger partial charge in [0.05, 0.1) is 6.04 Å². The van der Waals surface area contributed by atoms with Gasteiger partial charge in [0.25, 0.3) is 5.91 Å². The quantitative estimate of drug-likeness (QED) is 0.422. The maximum absolute atomic E-state index is 11.5. The second-order valence-electron chi connectivity index (χ2n) is 4.00. The molecule has 6 heteroatoms. The molecule has 1 atom stereocenters. The second kappa shape index (κ2) is 5.51. The van der Waals surface area contributed by atoms with Crippen molar-refractivity contribution in [3.63, 3.8) is 0 Å². The van der Waals surface area contributed by atoms with Crippen molar-refractivity contribution in [3.05, 3.63) is 23.8 Å². The van der Waals surface area contributed by atoms with E-state index in [0.29, 0.717) is 5.56 Å². The Morgan fingerprint density at radius 1 is 1.41 bits per heavy atom. The Bertz CT molecular complexity index is 407. The van der Waals surface area contributed by atoms with Gasteiger partial charge in [-0.05, 0) is 24.1 Å². The molecule has 6 nitrogen and oxygen atoms in total. The van der Waals surface area contributed by atoms with Crippen LogP contribution in [-0.4, -0.2) is 41.3 Å². The molecule has 0 aliphatic carbocycles. The Hall–Kier alpha value is -1.79. The fourth-order valence-corrected chi connectivity index (χ4v) is 1.35. The molecule has 17 heavy (non-hydrogen) atoms. The van der Waals surface area contributed by atoms with E-state index in [1.807, 2.05) is 0 Å². The number of aromatic hydroxyl groups is 2. The summed E-state index contributed by atoms with van der Waals surface area (Å²) in [6.45, 7) is 0.